The molecule has 2 fully saturated rings. The third-order valence-electron chi connectivity index (χ3n) is 6.30. The summed E-state index contributed by atoms with van der Waals surface area (Å²) in [5, 5.41) is 0. The molecule has 0 aromatic heterocycles. The number of hydrogen-bond donors (Lipinski definition) is 1. The molecule has 3 aliphatic rings. The molecular weight excluding hydrogens is 246 g/mol. The van der Waals surface area contributed by atoms with Gasteiger partial charge in [0.2, 0.25) is 0 Å². The van der Waals surface area contributed by atoms with Gasteiger partial charge in [0.25, 0.3) is 0 Å². The molecule has 0 radical (unpaired) electrons. The lowest BCUT2D eigenvalue weighted by Gasteiger charge is -2.55. The topological polar surface area (TPSA) is 41.6 Å². The maximum absolute atomic E-state index is 6.36. The zero-order valence-corrected chi connectivity index (χ0v) is 13.3. The molecule has 3 rings (SSSR count). The van der Waals surface area contributed by atoms with E-state index in [2.05, 4.69) is 18.7 Å². The third kappa shape index (κ3) is 2.14. The molecule has 1 aliphatic heterocycles. The van der Waals surface area contributed by atoms with E-state index < -0.39 is 0 Å². The molecule has 1 atom stereocenters. The zero-order valence-electron chi connectivity index (χ0n) is 13.3. The van der Waals surface area contributed by atoms with Gasteiger partial charge in [-0.15, -0.1) is 0 Å². The Bertz CT molecular complexity index is 380. The Hall–Kier alpha value is -0.730. The van der Waals surface area contributed by atoms with E-state index in [0.717, 1.165) is 12.5 Å². The molecule has 20 heavy (non-hydrogen) atoms. The molecule has 1 spiro atoms. The van der Waals surface area contributed by atoms with Crippen LogP contribution in [0.5, 0.6) is 0 Å². The molecule has 0 bridgehead atoms. The Kier molecular flexibility index (Phi) is 3.72. The first-order chi connectivity index (χ1) is 9.57. The normalized spacial score (nSPS) is 35.1. The first-order valence-electron chi connectivity index (χ1n) is 8.66. The van der Waals surface area contributed by atoms with Crippen LogP contribution in [0.25, 0.3) is 0 Å². The van der Waals surface area contributed by atoms with Gasteiger partial charge in [-0.2, -0.15) is 0 Å². The number of rotatable bonds is 1. The molecule has 1 unspecified atom stereocenters. The largest absolute Gasteiger partial charge is 0.370 e. The van der Waals surface area contributed by atoms with Crippen LogP contribution in [0.2, 0.25) is 0 Å². The van der Waals surface area contributed by atoms with Crippen molar-refractivity contribution < 1.29 is 0 Å². The second-order valence-electron chi connectivity index (χ2n) is 7.81. The Morgan fingerprint density at radius 2 is 1.65 bits per heavy atom. The van der Waals surface area contributed by atoms with Gasteiger partial charge in [-0.05, 0) is 31.1 Å². The second-order valence-corrected chi connectivity index (χ2v) is 7.81. The van der Waals surface area contributed by atoms with Crippen molar-refractivity contribution in [3.8, 4) is 0 Å². The van der Waals surface area contributed by atoms with Crippen LogP contribution in [-0.4, -0.2) is 29.0 Å². The Labute approximate surface area is 124 Å². The monoisotopic (exact) mass is 277 g/mol. The fourth-order valence-electron chi connectivity index (χ4n) is 4.93. The number of aliphatic imine (C=N–C) groups is 1. The predicted octanol–water partition coefficient (Wildman–Crippen LogP) is 3.68. The van der Waals surface area contributed by atoms with Gasteiger partial charge in [0.1, 0.15) is 0 Å². The van der Waals surface area contributed by atoms with Crippen molar-refractivity contribution in [1.82, 2.24) is 4.90 Å². The number of nitrogens with two attached hydrogens (primary N) is 1. The SMILES string of the molecule is CC1(C)CCCCC12CN=C(N)N2C1CCCCCC1. The third-order valence-corrected chi connectivity index (χ3v) is 6.30. The van der Waals surface area contributed by atoms with Crippen LogP contribution in [0.15, 0.2) is 4.99 Å². The highest BCUT2D eigenvalue weighted by atomic mass is 15.4. The average molecular weight is 277 g/mol. The van der Waals surface area contributed by atoms with Crippen molar-refractivity contribution in [3.05, 3.63) is 0 Å². The second kappa shape index (κ2) is 5.23. The van der Waals surface area contributed by atoms with Crippen LogP contribution in [0.1, 0.15) is 78.1 Å². The maximum atomic E-state index is 6.36. The van der Waals surface area contributed by atoms with Gasteiger partial charge in [-0.1, -0.05) is 52.4 Å². The highest BCUT2D eigenvalue weighted by Gasteiger charge is 2.55. The molecule has 2 N–H and O–H groups in total. The summed E-state index contributed by atoms with van der Waals surface area (Å²) in [6.45, 7) is 5.83. The number of guanidine groups is 1. The van der Waals surface area contributed by atoms with Crippen LogP contribution in [-0.2, 0) is 0 Å². The lowest BCUT2D eigenvalue weighted by Crippen LogP contribution is -2.64. The minimum absolute atomic E-state index is 0.213. The van der Waals surface area contributed by atoms with E-state index in [1.165, 1.54) is 64.2 Å². The minimum Gasteiger partial charge on any atom is -0.370 e. The van der Waals surface area contributed by atoms with Gasteiger partial charge < -0.3 is 10.6 Å². The Balaban J connectivity index is 1.90. The van der Waals surface area contributed by atoms with E-state index in [0.29, 0.717) is 11.5 Å². The predicted molar refractivity (Wildman–Crippen MR) is 84.8 cm³/mol. The van der Waals surface area contributed by atoms with Gasteiger partial charge in [-0.25, -0.2) is 0 Å². The van der Waals surface area contributed by atoms with Crippen molar-refractivity contribution in [1.29, 1.82) is 0 Å². The van der Waals surface area contributed by atoms with Crippen molar-refractivity contribution >= 4 is 5.96 Å². The summed E-state index contributed by atoms with van der Waals surface area (Å²) >= 11 is 0. The van der Waals surface area contributed by atoms with Crippen LogP contribution >= 0.6 is 0 Å². The summed E-state index contributed by atoms with van der Waals surface area (Å²) in [7, 11) is 0. The van der Waals surface area contributed by atoms with Crippen molar-refractivity contribution in [2.24, 2.45) is 16.1 Å². The van der Waals surface area contributed by atoms with Crippen LogP contribution in [0.4, 0.5) is 0 Å². The summed E-state index contributed by atoms with van der Waals surface area (Å²) in [6, 6.07) is 0.640. The molecule has 114 valence electrons. The zero-order chi connectivity index (χ0) is 14.2. The van der Waals surface area contributed by atoms with Gasteiger partial charge in [0.05, 0.1) is 12.1 Å². The summed E-state index contributed by atoms with van der Waals surface area (Å²) in [5.74, 6) is 0.840. The van der Waals surface area contributed by atoms with E-state index in [9.17, 15) is 0 Å². The molecule has 2 saturated carbocycles. The van der Waals surface area contributed by atoms with Crippen LogP contribution < -0.4 is 5.73 Å². The average Bonchev–Trinajstić information content (AvgIpc) is 2.62. The number of nitrogens with zero attached hydrogens (tertiary/aromatic N) is 2. The molecule has 0 aromatic carbocycles. The lowest BCUT2D eigenvalue weighted by atomic mass is 9.62. The van der Waals surface area contributed by atoms with E-state index in [1.54, 1.807) is 0 Å². The van der Waals surface area contributed by atoms with Crippen LogP contribution in [0, 0.1) is 5.41 Å². The van der Waals surface area contributed by atoms with Crippen molar-refractivity contribution in [3.63, 3.8) is 0 Å². The van der Waals surface area contributed by atoms with E-state index in [-0.39, 0.29) is 5.54 Å². The molecule has 0 aromatic rings. The van der Waals surface area contributed by atoms with Crippen molar-refractivity contribution in [2.75, 3.05) is 6.54 Å². The summed E-state index contributed by atoms with van der Waals surface area (Å²) < 4.78 is 0. The lowest BCUT2D eigenvalue weighted by molar-refractivity contribution is -0.0145. The molecule has 3 nitrogen and oxygen atoms in total. The summed E-state index contributed by atoms with van der Waals surface area (Å²) in [6.07, 6.45) is 13.5. The standard InChI is InChI=1S/C17H31N3/c1-16(2)11-7-8-12-17(16)13-19-15(18)20(17)14-9-5-3-4-6-10-14/h14H,3-13H2,1-2H3,(H2,18,19). The molecule has 0 amide bonds. The molecular formula is C17H31N3. The first kappa shape index (κ1) is 14.2. The Morgan fingerprint density at radius 1 is 1.00 bits per heavy atom. The van der Waals surface area contributed by atoms with E-state index >= 15 is 0 Å². The number of hydrogen-bond acceptors (Lipinski definition) is 3. The molecule has 1 heterocycles. The minimum atomic E-state index is 0.213. The quantitative estimate of drug-likeness (QED) is 0.743. The van der Waals surface area contributed by atoms with Gasteiger partial charge in [-0.3, -0.25) is 4.99 Å². The van der Waals surface area contributed by atoms with Gasteiger partial charge in [0.15, 0.2) is 5.96 Å². The van der Waals surface area contributed by atoms with Gasteiger partial charge in [0, 0.05) is 6.04 Å². The maximum Gasteiger partial charge on any atom is 0.192 e. The van der Waals surface area contributed by atoms with Crippen LogP contribution in [0.3, 0.4) is 0 Å². The fraction of sp³-hybridized carbons (Fsp3) is 0.941. The highest BCUT2D eigenvalue weighted by Crippen LogP contribution is 2.51. The molecule has 2 aliphatic carbocycles. The highest BCUT2D eigenvalue weighted by molar-refractivity contribution is 5.81. The van der Waals surface area contributed by atoms with E-state index in [4.69, 9.17) is 10.7 Å². The summed E-state index contributed by atoms with van der Waals surface area (Å²) in [4.78, 5) is 7.31. The Morgan fingerprint density at radius 3 is 2.30 bits per heavy atom. The van der Waals surface area contributed by atoms with Crippen molar-refractivity contribution in [2.45, 2.75) is 89.6 Å². The summed E-state index contributed by atoms with van der Waals surface area (Å²) in [5.41, 5.74) is 6.91. The smallest absolute Gasteiger partial charge is 0.192 e. The van der Waals surface area contributed by atoms with Gasteiger partial charge >= 0.3 is 0 Å². The molecule has 3 heteroatoms. The fourth-order valence-corrected chi connectivity index (χ4v) is 4.93. The molecule has 0 saturated heterocycles. The van der Waals surface area contributed by atoms with E-state index in [1.807, 2.05) is 0 Å². The first-order valence-corrected chi connectivity index (χ1v) is 8.66.